The van der Waals surface area contributed by atoms with Crippen LogP contribution in [0, 0.1) is 11.3 Å². The molecule has 5 rings (SSSR count). The molecule has 122 valence electrons. The largest absolute Gasteiger partial charge is 0.370 e. The van der Waals surface area contributed by atoms with Crippen LogP contribution in [0.5, 0.6) is 0 Å². The highest BCUT2D eigenvalue weighted by molar-refractivity contribution is 6.00. The summed E-state index contributed by atoms with van der Waals surface area (Å²) in [5.74, 6) is 0. The number of nitrogens with zero attached hydrogens (tertiary/aromatic N) is 5. The first-order valence-corrected chi connectivity index (χ1v) is 8.71. The predicted molar refractivity (Wildman–Crippen MR) is 98.8 cm³/mol. The highest BCUT2D eigenvalue weighted by Gasteiger charge is 2.23. The number of hydrogen-bond donors (Lipinski definition) is 0. The van der Waals surface area contributed by atoms with Crippen LogP contribution in [0.25, 0.3) is 27.7 Å². The second kappa shape index (κ2) is 5.45. The predicted octanol–water partition coefficient (Wildman–Crippen LogP) is 3.90. The Bertz CT molecular complexity index is 1150. The molecule has 1 aliphatic heterocycles. The van der Waals surface area contributed by atoms with Gasteiger partial charge in [0.25, 0.3) is 0 Å². The van der Waals surface area contributed by atoms with E-state index in [1.807, 2.05) is 40.9 Å². The lowest BCUT2D eigenvalue weighted by molar-refractivity contribution is 0.578. The fraction of sp³-hybridized carbons (Fsp3) is 0.250. The van der Waals surface area contributed by atoms with Crippen molar-refractivity contribution in [2.45, 2.75) is 19.3 Å². The van der Waals surface area contributed by atoms with Gasteiger partial charge in [-0.15, -0.1) is 0 Å². The number of imidazole rings is 1. The van der Waals surface area contributed by atoms with Crippen LogP contribution >= 0.6 is 0 Å². The van der Waals surface area contributed by atoms with Gasteiger partial charge in [-0.1, -0.05) is 12.1 Å². The topological polar surface area (TPSA) is 57.2 Å². The number of benzene rings is 1. The van der Waals surface area contributed by atoms with E-state index in [9.17, 15) is 5.26 Å². The summed E-state index contributed by atoms with van der Waals surface area (Å²) in [6.45, 7) is 1.96. The number of nitriles is 1. The molecule has 1 aromatic carbocycles. The summed E-state index contributed by atoms with van der Waals surface area (Å²) in [5, 5.41) is 11.0. The molecule has 0 radical (unpaired) electrons. The van der Waals surface area contributed by atoms with Gasteiger partial charge >= 0.3 is 0 Å². The monoisotopic (exact) mass is 327 g/mol. The third kappa shape index (κ3) is 2.01. The number of aromatic nitrogens is 3. The lowest BCUT2D eigenvalue weighted by Crippen LogP contribution is -2.30. The van der Waals surface area contributed by atoms with Crippen LogP contribution in [0.3, 0.4) is 0 Å². The standard InChI is InChI=1S/C20H17N5/c21-13-15-18(24-11-4-1-5-12-24)14-7-6-10-22-19(14)25-17-9-3-2-8-16(17)23-20(15)25/h2-3,6-10H,1,4-5,11-12H2. The molecule has 5 nitrogen and oxygen atoms in total. The molecule has 4 heterocycles. The van der Waals surface area contributed by atoms with Crippen molar-refractivity contribution in [3.63, 3.8) is 0 Å². The summed E-state index contributed by atoms with van der Waals surface area (Å²) in [4.78, 5) is 11.8. The van der Waals surface area contributed by atoms with E-state index in [1.165, 1.54) is 6.42 Å². The average molecular weight is 327 g/mol. The normalized spacial score (nSPS) is 15.1. The average Bonchev–Trinajstić information content (AvgIpc) is 3.07. The quantitative estimate of drug-likeness (QED) is 0.532. The van der Waals surface area contributed by atoms with Gasteiger partial charge in [-0.3, -0.25) is 4.40 Å². The van der Waals surface area contributed by atoms with Gasteiger partial charge in [0.15, 0.2) is 5.65 Å². The molecular formula is C20H17N5. The fourth-order valence-electron chi connectivity index (χ4n) is 3.96. The lowest BCUT2D eigenvalue weighted by Gasteiger charge is -2.30. The van der Waals surface area contributed by atoms with Crippen LogP contribution in [0.1, 0.15) is 24.8 Å². The summed E-state index contributed by atoms with van der Waals surface area (Å²) in [5.41, 5.74) is 5.09. The zero-order valence-electron chi connectivity index (χ0n) is 13.8. The summed E-state index contributed by atoms with van der Waals surface area (Å²) >= 11 is 0. The summed E-state index contributed by atoms with van der Waals surface area (Å²) < 4.78 is 2.02. The Morgan fingerprint density at radius 2 is 1.80 bits per heavy atom. The maximum atomic E-state index is 9.98. The van der Waals surface area contributed by atoms with E-state index >= 15 is 0 Å². The minimum absolute atomic E-state index is 0.651. The summed E-state index contributed by atoms with van der Waals surface area (Å²) in [7, 11) is 0. The molecule has 3 aromatic heterocycles. The minimum Gasteiger partial charge on any atom is -0.370 e. The first-order chi connectivity index (χ1) is 12.4. The van der Waals surface area contributed by atoms with Gasteiger partial charge in [-0.2, -0.15) is 5.26 Å². The summed E-state index contributed by atoms with van der Waals surface area (Å²) in [6.07, 6.45) is 5.38. The molecule has 5 heteroatoms. The number of fused-ring (bicyclic) bond motifs is 5. The third-order valence-corrected chi connectivity index (χ3v) is 5.06. The Morgan fingerprint density at radius 1 is 0.960 bits per heavy atom. The Morgan fingerprint density at radius 3 is 2.64 bits per heavy atom. The van der Waals surface area contributed by atoms with E-state index in [-0.39, 0.29) is 0 Å². The first-order valence-electron chi connectivity index (χ1n) is 8.71. The van der Waals surface area contributed by atoms with Gasteiger partial charge in [0.05, 0.1) is 16.7 Å². The molecule has 0 aliphatic carbocycles. The smallest absolute Gasteiger partial charge is 0.159 e. The molecule has 4 aromatic rings. The number of piperidine rings is 1. The van der Waals surface area contributed by atoms with Crippen molar-refractivity contribution in [2.75, 3.05) is 18.0 Å². The van der Waals surface area contributed by atoms with Gasteiger partial charge in [0, 0.05) is 24.7 Å². The fourth-order valence-corrected chi connectivity index (χ4v) is 3.96. The van der Waals surface area contributed by atoms with Crippen molar-refractivity contribution in [3.8, 4) is 6.07 Å². The number of rotatable bonds is 1. The van der Waals surface area contributed by atoms with E-state index in [0.29, 0.717) is 11.2 Å². The van der Waals surface area contributed by atoms with Gasteiger partial charge in [0.2, 0.25) is 0 Å². The first kappa shape index (κ1) is 14.2. The summed E-state index contributed by atoms with van der Waals surface area (Å²) in [6, 6.07) is 14.4. The number of hydrogen-bond acceptors (Lipinski definition) is 4. The van der Waals surface area contributed by atoms with Crippen LogP contribution in [0.2, 0.25) is 0 Å². The Kier molecular flexibility index (Phi) is 3.10. The number of pyridine rings is 2. The van der Waals surface area contributed by atoms with Gasteiger partial charge in [0.1, 0.15) is 17.3 Å². The van der Waals surface area contributed by atoms with E-state index < -0.39 is 0 Å². The molecule has 0 amide bonds. The zero-order valence-corrected chi connectivity index (χ0v) is 13.8. The van der Waals surface area contributed by atoms with Crippen molar-refractivity contribution in [1.29, 1.82) is 5.26 Å². The van der Waals surface area contributed by atoms with Crippen molar-refractivity contribution < 1.29 is 0 Å². The lowest BCUT2D eigenvalue weighted by atomic mass is 10.1. The Labute approximate surface area is 145 Å². The molecule has 0 spiro atoms. The van der Waals surface area contributed by atoms with Crippen LogP contribution in [-0.2, 0) is 0 Å². The molecule has 0 bridgehead atoms. The molecule has 1 saturated heterocycles. The van der Waals surface area contributed by atoms with Crippen molar-refractivity contribution >= 4 is 33.4 Å². The van der Waals surface area contributed by atoms with E-state index in [4.69, 9.17) is 4.98 Å². The maximum absolute atomic E-state index is 9.98. The van der Waals surface area contributed by atoms with Crippen molar-refractivity contribution in [1.82, 2.24) is 14.4 Å². The highest BCUT2D eigenvalue weighted by atomic mass is 15.2. The van der Waals surface area contributed by atoms with Crippen molar-refractivity contribution in [3.05, 3.63) is 48.2 Å². The van der Waals surface area contributed by atoms with Crippen LogP contribution < -0.4 is 4.90 Å². The van der Waals surface area contributed by atoms with Gasteiger partial charge < -0.3 is 4.90 Å². The molecule has 1 aliphatic rings. The van der Waals surface area contributed by atoms with Gasteiger partial charge in [-0.05, 0) is 43.5 Å². The molecule has 1 fully saturated rings. The van der Waals surface area contributed by atoms with Crippen LogP contribution in [0.15, 0.2) is 42.6 Å². The molecular weight excluding hydrogens is 310 g/mol. The van der Waals surface area contributed by atoms with E-state index in [2.05, 4.69) is 22.0 Å². The Balaban J connectivity index is 1.99. The minimum atomic E-state index is 0.651. The third-order valence-electron chi connectivity index (χ3n) is 5.06. The molecule has 0 unspecified atom stereocenters. The molecule has 0 N–H and O–H groups in total. The van der Waals surface area contributed by atoms with Crippen molar-refractivity contribution in [2.24, 2.45) is 0 Å². The van der Waals surface area contributed by atoms with E-state index in [0.717, 1.165) is 53.7 Å². The maximum Gasteiger partial charge on any atom is 0.159 e. The van der Waals surface area contributed by atoms with Crippen LogP contribution in [-0.4, -0.2) is 27.5 Å². The van der Waals surface area contributed by atoms with Crippen LogP contribution in [0.4, 0.5) is 5.69 Å². The molecule has 0 saturated carbocycles. The zero-order chi connectivity index (χ0) is 16.8. The number of para-hydroxylation sites is 2. The Hall–Kier alpha value is -3.13. The number of anilines is 1. The second-order valence-electron chi connectivity index (χ2n) is 6.52. The van der Waals surface area contributed by atoms with E-state index in [1.54, 1.807) is 0 Å². The molecule has 0 atom stereocenters. The molecule has 25 heavy (non-hydrogen) atoms. The van der Waals surface area contributed by atoms with Gasteiger partial charge in [-0.25, -0.2) is 9.97 Å². The SMILES string of the molecule is N#Cc1c(N2CCCCC2)c2cccnc2n2c1nc1ccccc12. The second-order valence-corrected chi connectivity index (χ2v) is 6.52. The highest BCUT2D eigenvalue weighted by Crippen LogP contribution is 2.36.